The van der Waals surface area contributed by atoms with Gasteiger partial charge < -0.3 is 15.3 Å². The Bertz CT molecular complexity index is 408. The number of nitrogens with one attached hydrogen (secondary N) is 1. The summed E-state index contributed by atoms with van der Waals surface area (Å²) < 4.78 is 0. The third-order valence-electron chi connectivity index (χ3n) is 4.80. The first-order chi connectivity index (χ1) is 10.1. The van der Waals surface area contributed by atoms with Crippen molar-refractivity contribution in [2.45, 2.75) is 46.2 Å². The van der Waals surface area contributed by atoms with Crippen LogP contribution in [0.25, 0.3) is 0 Å². The Balaban J connectivity index is 1.84. The zero-order chi connectivity index (χ0) is 15.2. The molecule has 1 atom stereocenters. The fourth-order valence-electron chi connectivity index (χ4n) is 2.71. The Kier molecular flexibility index (Phi) is 6.07. The third-order valence-corrected chi connectivity index (χ3v) is 4.80. The maximum Gasteiger partial charge on any atom is 0.0460 e. The van der Waals surface area contributed by atoms with Crippen molar-refractivity contribution in [2.24, 2.45) is 11.8 Å². The lowest BCUT2D eigenvalue weighted by atomic mass is 9.97. The highest BCUT2D eigenvalue weighted by Crippen LogP contribution is 2.23. The van der Waals surface area contributed by atoms with Crippen LogP contribution in [0.5, 0.6) is 0 Å². The second-order valence-corrected chi connectivity index (χ2v) is 6.69. The van der Waals surface area contributed by atoms with Gasteiger partial charge in [0.2, 0.25) is 0 Å². The van der Waals surface area contributed by atoms with E-state index < -0.39 is 0 Å². The lowest BCUT2D eigenvalue weighted by molar-refractivity contribution is 0.203. The van der Waals surface area contributed by atoms with Gasteiger partial charge in [0.1, 0.15) is 0 Å². The average Bonchev–Trinajstić information content (AvgIpc) is 2.53. The minimum Gasteiger partial charge on any atom is -0.396 e. The summed E-state index contributed by atoms with van der Waals surface area (Å²) in [6.45, 7) is 10.1. The number of rotatable bonds is 6. The zero-order valence-electron chi connectivity index (χ0n) is 13.7. The highest BCUT2D eigenvalue weighted by molar-refractivity contribution is 5.48. The summed E-state index contributed by atoms with van der Waals surface area (Å²) in [6, 6.07) is 9.47. The van der Waals surface area contributed by atoms with Gasteiger partial charge >= 0.3 is 0 Å². The van der Waals surface area contributed by atoms with Crippen molar-refractivity contribution in [2.75, 3.05) is 24.6 Å². The molecule has 1 aliphatic heterocycles. The molecule has 2 rings (SSSR count). The molecule has 0 bridgehead atoms. The number of nitrogens with zero attached hydrogens (tertiary/aromatic N) is 1. The average molecular weight is 290 g/mol. The standard InChI is InChI=1S/C18H30N2O/c1-14(2)15(3)19-12-16-4-6-18(7-5-16)20-10-8-17(13-21)9-11-20/h4-7,14-15,17,19,21H,8-13H2,1-3H3. The number of benzene rings is 1. The number of piperidine rings is 1. The Morgan fingerprint density at radius 3 is 2.29 bits per heavy atom. The predicted octanol–water partition coefficient (Wildman–Crippen LogP) is 3.03. The number of hydrogen-bond donors (Lipinski definition) is 2. The topological polar surface area (TPSA) is 35.5 Å². The summed E-state index contributed by atoms with van der Waals surface area (Å²) in [7, 11) is 0. The Labute approximate surface area is 129 Å². The molecule has 1 heterocycles. The van der Waals surface area contributed by atoms with Crippen LogP contribution in [0.1, 0.15) is 39.2 Å². The third kappa shape index (κ3) is 4.72. The molecule has 0 aromatic heterocycles. The maximum atomic E-state index is 9.20. The Morgan fingerprint density at radius 1 is 1.14 bits per heavy atom. The van der Waals surface area contributed by atoms with Gasteiger partial charge in [0.15, 0.2) is 0 Å². The molecule has 1 saturated heterocycles. The Morgan fingerprint density at radius 2 is 1.76 bits per heavy atom. The lowest BCUT2D eigenvalue weighted by Crippen LogP contribution is -2.34. The van der Waals surface area contributed by atoms with Crippen molar-refractivity contribution in [1.82, 2.24) is 5.32 Å². The molecular formula is C18H30N2O. The normalized spacial score (nSPS) is 18.2. The van der Waals surface area contributed by atoms with Crippen LogP contribution in [0.3, 0.4) is 0 Å². The second-order valence-electron chi connectivity index (χ2n) is 6.69. The number of anilines is 1. The molecule has 3 heteroatoms. The summed E-state index contributed by atoms with van der Waals surface area (Å²) in [5, 5.41) is 12.8. The molecule has 1 aromatic carbocycles. The molecule has 0 spiro atoms. The molecule has 1 aromatic rings. The van der Waals surface area contributed by atoms with Crippen LogP contribution in [0, 0.1) is 11.8 Å². The van der Waals surface area contributed by atoms with E-state index in [9.17, 15) is 5.11 Å². The smallest absolute Gasteiger partial charge is 0.0460 e. The molecule has 0 radical (unpaired) electrons. The molecule has 21 heavy (non-hydrogen) atoms. The first kappa shape index (κ1) is 16.3. The minimum absolute atomic E-state index is 0.340. The van der Waals surface area contributed by atoms with Gasteiger partial charge in [0, 0.05) is 38.0 Å². The van der Waals surface area contributed by atoms with E-state index in [4.69, 9.17) is 0 Å². The van der Waals surface area contributed by atoms with E-state index in [-0.39, 0.29) is 0 Å². The predicted molar refractivity (Wildman–Crippen MR) is 89.6 cm³/mol. The van der Waals surface area contributed by atoms with Gasteiger partial charge in [0.25, 0.3) is 0 Å². The van der Waals surface area contributed by atoms with Crippen molar-refractivity contribution in [3.8, 4) is 0 Å². The monoisotopic (exact) mass is 290 g/mol. The van der Waals surface area contributed by atoms with E-state index in [0.717, 1.165) is 32.5 Å². The summed E-state index contributed by atoms with van der Waals surface area (Å²) in [5.74, 6) is 1.17. The molecule has 0 aliphatic carbocycles. The molecular weight excluding hydrogens is 260 g/mol. The van der Waals surface area contributed by atoms with E-state index in [1.807, 2.05) is 0 Å². The molecule has 1 unspecified atom stereocenters. The lowest BCUT2D eigenvalue weighted by Gasteiger charge is -2.33. The van der Waals surface area contributed by atoms with Crippen LogP contribution in [-0.4, -0.2) is 30.8 Å². The fraction of sp³-hybridized carbons (Fsp3) is 0.667. The van der Waals surface area contributed by atoms with Crippen molar-refractivity contribution in [3.63, 3.8) is 0 Å². The molecule has 1 fully saturated rings. The second kappa shape index (κ2) is 7.81. The van der Waals surface area contributed by atoms with Crippen LogP contribution in [-0.2, 0) is 6.54 Å². The molecule has 2 N–H and O–H groups in total. The highest BCUT2D eigenvalue weighted by atomic mass is 16.3. The zero-order valence-corrected chi connectivity index (χ0v) is 13.7. The van der Waals surface area contributed by atoms with Crippen LogP contribution < -0.4 is 10.2 Å². The molecule has 118 valence electrons. The van der Waals surface area contributed by atoms with Gasteiger partial charge in [0.05, 0.1) is 0 Å². The molecule has 0 amide bonds. The summed E-state index contributed by atoms with van der Waals surface area (Å²) in [6.07, 6.45) is 2.21. The summed E-state index contributed by atoms with van der Waals surface area (Å²) in [4.78, 5) is 2.43. The summed E-state index contributed by atoms with van der Waals surface area (Å²) in [5.41, 5.74) is 2.66. The van der Waals surface area contributed by atoms with E-state index in [0.29, 0.717) is 24.5 Å². The maximum absolute atomic E-state index is 9.20. The first-order valence-electron chi connectivity index (χ1n) is 8.28. The summed E-state index contributed by atoms with van der Waals surface area (Å²) >= 11 is 0. The Hall–Kier alpha value is -1.06. The molecule has 0 saturated carbocycles. The molecule has 1 aliphatic rings. The number of aliphatic hydroxyl groups excluding tert-OH is 1. The highest BCUT2D eigenvalue weighted by Gasteiger charge is 2.18. The van der Waals surface area contributed by atoms with Crippen LogP contribution in [0.2, 0.25) is 0 Å². The molecule has 3 nitrogen and oxygen atoms in total. The van der Waals surface area contributed by atoms with E-state index in [2.05, 4.69) is 55.3 Å². The van der Waals surface area contributed by atoms with Gasteiger partial charge in [-0.1, -0.05) is 26.0 Å². The van der Waals surface area contributed by atoms with Crippen molar-refractivity contribution >= 4 is 5.69 Å². The largest absolute Gasteiger partial charge is 0.396 e. The minimum atomic E-state index is 0.340. The van der Waals surface area contributed by atoms with Crippen molar-refractivity contribution in [3.05, 3.63) is 29.8 Å². The first-order valence-corrected chi connectivity index (χ1v) is 8.28. The van der Waals surface area contributed by atoms with Gasteiger partial charge in [-0.25, -0.2) is 0 Å². The van der Waals surface area contributed by atoms with Gasteiger partial charge in [-0.15, -0.1) is 0 Å². The van der Waals surface area contributed by atoms with Crippen LogP contribution >= 0.6 is 0 Å². The fourth-order valence-corrected chi connectivity index (χ4v) is 2.71. The van der Waals surface area contributed by atoms with Gasteiger partial charge in [-0.2, -0.15) is 0 Å². The quantitative estimate of drug-likeness (QED) is 0.845. The van der Waals surface area contributed by atoms with E-state index in [1.54, 1.807) is 0 Å². The van der Waals surface area contributed by atoms with E-state index in [1.165, 1.54) is 11.3 Å². The van der Waals surface area contributed by atoms with Gasteiger partial charge in [-0.05, 0) is 49.3 Å². The van der Waals surface area contributed by atoms with Gasteiger partial charge in [-0.3, -0.25) is 0 Å². The number of aliphatic hydroxyl groups is 1. The van der Waals surface area contributed by atoms with Crippen molar-refractivity contribution in [1.29, 1.82) is 0 Å². The van der Waals surface area contributed by atoms with Crippen LogP contribution in [0.15, 0.2) is 24.3 Å². The SMILES string of the molecule is CC(C)C(C)NCc1ccc(N2CCC(CO)CC2)cc1. The van der Waals surface area contributed by atoms with E-state index >= 15 is 0 Å². The van der Waals surface area contributed by atoms with Crippen molar-refractivity contribution < 1.29 is 5.11 Å². The number of hydrogen-bond acceptors (Lipinski definition) is 3. The van der Waals surface area contributed by atoms with Crippen LogP contribution in [0.4, 0.5) is 5.69 Å².